The molecule has 1 fully saturated rings. The normalized spacial score (nSPS) is 23.3. The highest BCUT2D eigenvalue weighted by molar-refractivity contribution is 6.00. The Labute approximate surface area is 291 Å². The summed E-state index contributed by atoms with van der Waals surface area (Å²) in [6.45, 7) is 8.14. The number of ether oxygens (including phenoxy) is 3. The molecule has 1 saturated heterocycles. The van der Waals surface area contributed by atoms with Gasteiger partial charge in [-0.1, -0.05) is 49.4 Å². The molecule has 0 aliphatic carbocycles. The minimum absolute atomic E-state index is 0.0248. The van der Waals surface area contributed by atoms with E-state index in [4.69, 9.17) is 14.2 Å². The van der Waals surface area contributed by atoms with Crippen molar-refractivity contribution < 1.29 is 28.9 Å². The van der Waals surface area contributed by atoms with Crippen molar-refractivity contribution in [3.8, 4) is 34.1 Å². The van der Waals surface area contributed by atoms with Gasteiger partial charge in [-0.25, -0.2) is 4.79 Å². The number of carbonyl (C=O) groups is 2. The van der Waals surface area contributed by atoms with Crippen LogP contribution in [0.15, 0.2) is 97.1 Å². The first kappa shape index (κ1) is 30.5. The summed E-state index contributed by atoms with van der Waals surface area (Å²) in [6.07, 6.45) is 0.785. The van der Waals surface area contributed by atoms with E-state index in [9.17, 15) is 14.7 Å². The third kappa shape index (κ3) is 4.56. The molecule has 50 heavy (non-hydrogen) atoms. The molecule has 1 N–H and O–H groups in total. The Balaban J connectivity index is 1.16. The molecule has 5 heterocycles. The Bertz CT molecular complexity index is 2220. The molecular formula is C43H37NO6. The summed E-state index contributed by atoms with van der Waals surface area (Å²) in [5, 5.41) is 10.4. The van der Waals surface area contributed by atoms with E-state index in [0.717, 1.165) is 6.42 Å². The number of nitrogens with zero attached hydrogens (tertiary/aromatic N) is 1. The van der Waals surface area contributed by atoms with E-state index in [-0.39, 0.29) is 29.4 Å². The van der Waals surface area contributed by atoms with Gasteiger partial charge in [0.15, 0.2) is 5.60 Å². The smallest absolute Gasteiger partial charge is 0.340 e. The van der Waals surface area contributed by atoms with Gasteiger partial charge in [-0.05, 0) is 102 Å². The maximum atomic E-state index is 14.4. The summed E-state index contributed by atoms with van der Waals surface area (Å²) >= 11 is 0. The first-order valence-electron chi connectivity index (χ1n) is 17.3. The zero-order valence-electron chi connectivity index (χ0n) is 28.2. The van der Waals surface area contributed by atoms with Gasteiger partial charge in [0.25, 0.3) is 5.91 Å². The number of aromatic hydroxyl groups is 1. The molecule has 7 nitrogen and oxygen atoms in total. The Morgan fingerprint density at radius 2 is 1.56 bits per heavy atom. The summed E-state index contributed by atoms with van der Waals surface area (Å²) < 4.78 is 19.3. The second-order valence-corrected chi connectivity index (χ2v) is 14.2. The highest BCUT2D eigenvalue weighted by atomic mass is 16.6. The average molecular weight is 664 g/mol. The van der Waals surface area contributed by atoms with Gasteiger partial charge >= 0.3 is 5.97 Å². The number of phenols is 1. The number of esters is 1. The quantitative estimate of drug-likeness (QED) is 0.191. The van der Waals surface area contributed by atoms with Gasteiger partial charge in [0.1, 0.15) is 23.0 Å². The zero-order chi connectivity index (χ0) is 34.3. The maximum absolute atomic E-state index is 14.4. The SMILES string of the molecule is Cc1cccc(-c2ccc(C3CCN4CC(C)C3COc3ccc5c(c3)Oc3cc(O)ccc3C53OC(=O)c5ccc(cc53)C4=O)cc2)c1C. The van der Waals surface area contributed by atoms with E-state index >= 15 is 0 Å². The molecule has 0 saturated carbocycles. The van der Waals surface area contributed by atoms with E-state index in [1.54, 1.807) is 24.3 Å². The Kier molecular flexibility index (Phi) is 6.85. The van der Waals surface area contributed by atoms with E-state index < -0.39 is 11.6 Å². The topological polar surface area (TPSA) is 85.3 Å². The van der Waals surface area contributed by atoms with Crippen LogP contribution in [0, 0.1) is 25.7 Å². The number of rotatable bonds is 2. The van der Waals surface area contributed by atoms with Crippen molar-refractivity contribution in [1.82, 2.24) is 4.90 Å². The number of hydrogen-bond donors (Lipinski definition) is 1. The highest BCUT2D eigenvalue weighted by Crippen LogP contribution is 2.57. The molecule has 0 radical (unpaired) electrons. The lowest BCUT2D eigenvalue weighted by Gasteiger charge is -2.36. The van der Waals surface area contributed by atoms with Crippen molar-refractivity contribution in [2.45, 2.75) is 38.7 Å². The Morgan fingerprint density at radius 3 is 2.38 bits per heavy atom. The first-order valence-corrected chi connectivity index (χ1v) is 17.3. The molecule has 5 aliphatic rings. The van der Waals surface area contributed by atoms with Crippen LogP contribution in [0.2, 0.25) is 0 Å². The summed E-state index contributed by atoms with van der Waals surface area (Å²) in [5.41, 5.74) is 7.54. The third-order valence-corrected chi connectivity index (χ3v) is 11.5. The van der Waals surface area contributed by atoms with E-state index in [1.807, 2.05) is 29.2 Å². The van der Waals surface area contributed by atoms with Crippen LogP contribution in [0.1, 0.15) is 73.4 Å². The third-order valence-electron chi connectivity index (χ3n) is 11.5. The van der Waals surface area contributed by atoms with Crippen LogP contribution >= 0.6 is 0 Å². The number of hydrogen-bond acceptors (Lipinski definition) is 6. The van der Waals surface area contributed by atoms with Crippen molar-refractivity contribution in [2.24, 2.45) is 11.8 Å². The number of benzene rings is 5. The predicted octanol–water partition coefficient (Wildman–Crippen LogP) is 8.52. The van der Waals surface area contributed by atoms with E-state index in [1.165, 1.54) is 33.9 Å². The molecule has 4 unspecified atom stereocenters. The minimum Gasteiger partial charge on any atom is -0.508 e. The lowest BCUT2D eigenvalue weighted by atomic mass is 9.77. The molecule has 1 amide bonds. The van der Waals surface area contributed by atoms with Crippen molar-refractivity contribution in [2.75, 3.05) is 19.7 Å². The van der Waals surface area contributed by atoms with Crippen LogP contribution in [0.4, 0.5) is 0 Å². The van der Waals surface area contributed by atoms with Gasteiger partial charge in [-0.15, -0.1) is 0 Å². The minimum atomic E-state index is -1.36. The Morgan fingerprint density at radius 1 is 0.800 bits per heavy atom. The predicted molar refractivity (Wildman–Crippen MR) is 189 cm³/mol. The molecule has 250 valence electrons. The fraction of sp³-hybridized carbons (Fsp3) is 0.256. The van der Waals surface area contributed by atoms with Crippen molar-refractivity contribution in [1.29, 1.82) is 0 Å². The number of amides is 1. The monoisotopic (exact) mass is 663 g/mol. The highest BCUT2D eigenvalue weighted by Gasteiger charge is 2.54. The maximum Gasteiger partial charge on any atom is 0.340 e. The van der Waals surface area contributed by atoms with Gasteiger partial charge in [0.2, 0.25) is 0 Å². The molecule has 5 aromatic rings. The van der Waals surface area contributed by atoms with Crippen LogP contribution in [0.25, 0.3) is 11.1 Å². The second kappa shape index (κ2) is 11.2. The molecule has 5 aromatic carbocycles. The number of aryl methyl sites for hydroxylation is 1. The van der Waals surface area contributed by atoms with Gasteiger partial charge in [0, 0.05) is 53.4 Å². The lowest BCUT2D eigenvalue weighted by Crippen LogP contribution is -2.36. The largest absolute Gasteiger partial charge is 0.508 e. The summed E-state index contributed by atoms with van der Waals surface area (Å²) in [5.74, 6) is 1.33. The zero-order valence-corrected chi connectivity index (χ0v) is 28.2. The fourth-order valence-electron chi connectivity index (χ4n) is 8.62. The number of phenolic OH excluding ortho intramolecular Hbond substituents is 1. The molecular weight excluding hydrogens is 626 g/mol. The number of carbonyl (C=O) groups excluding carboxylic acids is 2. The summed E-state index contributed by atoms with van der Waals surface area (Å²) in [6, 6.07) is 31.0. The van der Waals surface area contributed by atoms with Crippen molar-refractivity contribution >= 4 is 11.9 Å². The molecule has 0 aromatic heterocycles. The first-order chi connectivity index (χ1) is 24.2. The van der Waals surface area contributed by atoms with Crippen LogP contribution in [0.5, 0.6) is 23.0 Å². The molecule has 4 atom stereocenters. The second-order valence-electron chi connectivity index (χ2n) is 14.2. The van der Waals surface area contributed by atoms with Gasteiger partial charge in [-0.3, -0.25) is 4.79 Å². The van der Waals surface area contributed by atoms with E-state index in [2.05, 4.69) is 63.2 Å². The molecule has 8 bridgehead atoms. The fourth-order valence-corrected chi connectivity index (χ4v) is 8.62. The molecule has 1 spiro atoms. The average Bonchev–Trinajstić information content (AvgIpc) is 3.29. The summed E-state index contributed by atoms with van der Waals surface area (Å²) in [7, 11) is 0. The van der Waals surface area contributed by atoms with Crippen molar-refractivity contribution in [3.63, 3.8) is 0 Å². The standard InChI is InChI=1S/C43H37NO6/c1-24-5-4-6-32(26(24)3)27-7-9-28(10-8-27)33-17-18-44-22-25(2)35(33)23-48-31-13-16-37-40(21-31)49-39-20-30(45)12-15-36(39)43(37)38-19-29(41(44)46)11-14-34(38)42(47)50-43/h4-16,19-21,25,33,35,45H,17-18,22-23H2,1-3H3. The molecule has 5 aliphatic heterocycles. The Hall–Kier alpha value is -5.56. The van der Waals surface area contributed by atoms with Gasteiger partial charge < -0.3 is 24.2 Å². The summed E-state index contributed by atoms with van der Waals surface area (Å²) in [4.78, 5) is 29.9. The van der Waals surface area contributed by atoms with Crippen LogP contribution in [0.3, 0.4) is 0 Å². The molecule has 10 rings (SSSR count). The lowest BCUT2D eigenvalue weighted by molar-refractivity contribution is 0.0224. The van der Waals surface area contributed by atoms with Crippen LogP contribution in [-0.4, -0.2) is 41.6 Å². The molecule has 7 heteroatoms. The van der Waals surface area contributed by atoms with Crippen LogP contribution < -0.4 is 9.47 Å². The van der Waals surface area contributed by atoms with Crippen molar-refractivity contribution in [3.05, 3.63) is 142 Å². The number of fused-ring (bicyclic) bond motifs is 3. The van der Waals surface area contributed by atoms with Gasteiger partial charge in [-0.2, -0.15) is 0 Å². The van der Waals surface area contributed by atoms with E-state index in [0.29, 0.717) is 64.8 Å². The van der Waals surface area contributed by atoms with Crippen LogP contribution in [-0.2, 0) is 10.3 Å². The van der Waals surface area contributed by atoms with Gasteiger partial charge in [0.05, 0.1) is 12.2 Å².